The Labute approximate surface area is 116 Å². The van der Waals surface area contributed by atoms with Crippen molar-refractivity contribution >= 4 is 10.0 Å². The van der Waals surface area contributed by atoms with Crippen LogP contribution < -0.4 is 0 Å². The summed E-state index contributed by atoms with van der Waals surface area (Å²) in [5.74, 6) is 0.479. The number of phenols is 1. The van der Waals surface area contributed by atoms with Crippen LogP contribution in [-0.4, -0.2) is 30.9 Å². The molecule has 0 aliphatic rings. The second-order valence-electron chi connectivity index (χ2n) is 5.61. The smallest absolute Gasteiger partial charge is 0.243 e. The fourth-order valence-corrected chi connectivity index (χ4v) is 3.69. The first kappa shape index (κ1) is 16.0. The summed E-state index contributed by atoms with van der Waals surface area (Å²) in [6.45, 7) is 8.93. The third-order valence-electron chi connectivity index (χ3n) is 2.59. The predicted octanol–water partition coefficient (Wildman–Crippen LogP) is 2.69. The zero-order valence-electron chi connectivity index (χ0n) is 12.0. The van der Waals surface area contributed by atoms with Gasteiger partial charge in [0.05, 0.1) is 4.90 Å². The van der Waals surface area contributed by atoms with Gasteiger partial charge in [0.1, 0.15) is 5.75 Å². The van der Waals surface area contributed by atoms with Crippen LogP contribution >= 0.6 is 0 Å². The number of rotatable bonds is 6. The maximum atomic E-state index is 12.6. The quantitative estimate of drug-likeness (QED) is 0.874. The summed E-state index contributed by atoms with van der Waals surface area (Å²) in [6, 6.07) is 5.82. The van der Waals surface area contributed by atoms with Crippen LogP contribution in [0.5, 0.6) is 5.75 Å². The number of phenolic OH excluding ortho intramolecular Hbond substituents is 1. The molecule has 1 aromatic rings. The summed E-state index contributed by atoms with van der Waals surface area (Å²) < 4.78 is 26.6. The molecule has 5 heteroatoms. The largest absolute Gasteiger partial charge is 0.508 e. The van der Waals surface area contributed by atoms with Crippen LogP contribution in [0.15, 0.2) is 29.2 Å². The summed E-state index contributed by atoms with van der Waals surface area (Å²) >= 11 is 0. The lowest BCUT2D eigenvalue weighted by Crippen LogP contribution is -2.36. The minimum absolute atomic E-state index is 0.0323. The lowest BCUT2D eigenvalue weighted by Gasteiger charge is -2.25. The maximum Gasteiger partial charge on any atom is 0.243 e. The summed E-state index contributed by atoms with van der Waals surface area (Å²) in [5, 5.41) is 9.44. The van der Waals surface area contributed by atoms with Crippen LogP contribution in [0, 0.1) is 11.8 Å². The summed E-state index contributed by atoms with van der Waals surface area (Å²) in [6.07, 6.45) is 0. The Morgan fingerprint density at radius 3 is 2.05 bits per heavy atom. The summed E-state index contributed by atoms with van der Waals surface area (Å²) in [7, 11) is -3.54. The molecule has 0 saturated carbocycles. The number of sulfonamides is 1. The Morgan fingerprint density at radius 1 is 1.11 bits per heavy atom. The van der Waals surface area contributed by atoms with Crippen LogP contribution in [0.1, 0.15) is 27.7 Å². The zero-order chi connectivity index (χ0) is 14.6. The number of hydrogen-bond acceptors (Lipinski definition) is 3. The Kier molecular flexibility index (Phi) is 5.38. The van der Waals surface area contributed by atoms with E-state index in [1.807, 2.05) is 27.7 Å². The molecule has 0 aliphatic carbocycles. The van der Waals surface area contributed by atoms with Crippen LogP contribution in [0.2, 0.25) is 0 Å². The van der Waals surface area contributed by atoms with Gasteiger partial charge in [-0.05, 0) is 30.0 Å². The molecular formula is C14H23NO3S. The van der Waals surface area contributed by atoms with Gasteiger partial charge in [-0.15, -0.1) is 0 Å². The topological polar surface area (TPSA) is 57.6 Å². The molecule has 19 heavy (non-hydrogen) atoms. The average Bonchev–Trinajstić information content (AvgIpc) is 2.26. The standard InChI is InChI=1S/C14H23NO3S/c1-11(2)9-15(10-12(3)4)19(17,18)14-7-5-6-13(16)8-14/h5-8,11-12,16H,9-10H2,1-4H3. The highest BCUT2D eigenvalue weighted by Crippen LogP contribution is 2.21. The van der Waals surface area contributed by atoms with Crippen LogP contribution in [0.3, 0.4) is 0 Å². The molecule has 0 fully saturated rings. The minimum Gasteiger partial charge on any atom is -0.508 e. The molecule has 0 amide bonds. The van der Waals surface area contributed by atoms with Crippen LogP contribution in [-0.2, 0) is 10.0 Å². The van der Waals surface area contributed by atoms with Gasteiger partial charge in [-0.2, -0.15) is 4.31 Å². The van der Waals surface area contributed by atoms with Gasteiger partial charge in [0.2, 0.25) is 10.0 Å². The Hall–Kier alpha value is -1.07. The van der Waals surface area contributed by atoms with E-state index in [-0.39, 0.29) is 22.5 Å². The van der Waals surface area contributed by atoms with E-state index in [0.717, 1.165) is 0 Å². The summed E-state index contributed by atoms with van der Waals surface area (Å²) in [5.41, 5.74) is 0. The molecule has 1 N–H and O–H groups in total. The second kappa shape index (κ2) is 6.39. The fraction of sp³-hybridized carbons (Fsp3) is 0.571. The predicted molar refractivity (Wildman–Crippen MR) is 76.5 cm³/mol. The third kappa shape index (κ3) is 4.51. The molecule has 0 saturated heterocycles. The van der Waals surface area contributed by atoms with Crippen molar-refractivity contribution in [3.8, 4) is 5.75 Å². The van der Waals surface area contributed by atoms with Gasteiger partial charge in [-0.1, -0.05) is 33.8 Å². The molecule has 0 radical (unpaired) electrons. The van der Waals surface area contributed by atoms with Gasteiger partial charge >= 0.3 is 0 Å². The third-order valence-corrected chi connectivity index (χ3v) is 4.42. The Morgan fingerprint density at radius 2 is 1.63 bits per heavy atom. The zero-order valence-corrected chi connectivity index (χ0v) is 12.8. The van der Waals surface area contributed by atoms with E-state index in [0.29, 0.717) is 13.1 Å². The van der Waals surface area contributed by atoms with Crippen molar-refractivity contribution in [1.29, 1.82) is 0 Å². The Balaban J connectivity index is 3.11. The van der Waals surface area contributed by atoms with Crippen molar-refractivity contribution in [2.45, 2.75) is 32.6 Å². The molecule has 0 bridgehead atoms. The monoisotopic (exact) mass is 285 g/mol. The highest BCUT2D eigenvalue weighted by Gasteiger charge is 2.25. The van der Waals surface area contributed by atoms with Gasteiger partial charge < -0.3 is 5.11 Å². The molecule has 1 aromatic carbocycles. The normalized spacial score (nSPS) is 12.6. The first-order valence-corrected chi connectivity index (χ1v) is 7.96. The van der Waals surface area contributed by atoms with Crippen molar-refractivity contribution in [2.75, 3.05) is 13.1 Å². The van der Waals surface area contributed by atoms with E-state index >= 15 is 0 Å². The number of nitrogens with zero attached hydrogens (tertiary/aromatic N) is 1. The van der Waals surface area contributed by atoms with Gasteiger partial charge in [-0.25, -0.2) is 8.42 Å². The highest BCUT2D eigenvalue weighted by atomic mass is 32.2. The highest BCUT2D eigenvalue weighted by molar-refractivity contribution is 7.89. The maximum absolute atomic E-state index is 12.6. The van der Waals surface area contributed by atoms with Crippen molar-refractivity contribution in [3.63, 3.8) is 0 Å². The SMILES string of the molecule is CC(C)CN(CC(C)C)S(=O)(=O)c1cccc(O)c1. The average molecular weight is 285 g/mol. The number of aromatic hydroxyl groups is 1. The van der Waals surface area contributed by atoms with Crippen molar-refractivity contribution in [3.05, 3.63) is 24.3 Å². The van der Waals surface area contributed by atoms with E-state index in [2.05, 4.69) is 0 Å². The summed E-state index contributed by atoms with van der Waals surface area (Å²) in [4.78, 5) is 0.147. The molecule has 1 rings (SSSR count). The lowest BCUT2D eigenvalue weighted by molar-refractivity contribution is 0.333. The molecule has 0 heterocycles. The second-order valence-corrected chi connectivity index (χ2v) is 7.55. The fourth-order valence-electron chi connectivity index (χ4n) is 1.88. The Bertz CT molecular complexity index is 499. The van der Waals surface area contributed by atoms with Crippen molar-refractivity contribution in [2.24, 2.45) is 11.8 Å². The molecule has 108 valence electrons. The minimum atomic E-state index is -3.54. The van der Waals surface area contributed by atoms with E-state index in [1.165, 1.54) is 22.5 Å². The van der Waals surface area contributed by atoms with Crippen molar-refractivity contribution < 1.29 is 13.5 Å². The van der Waals surface area contributed by atoms with E-state index in [4.69, 9.17) is 0 Å². The lowest BCUT2D eigenvalue weighted by atomic mass is 10.2. The molecule has 0 unspecified atom stereocenters. The first-order valence-electron chi connectivity index (χ1n) is 6.52. The van der Waals surface area contributed by atoms with E-state index < -0.39 is 10.0 Å². The van der Waals surface area contributed by atoms with Gasteiger partial charge in [0.25, 0.3) is 0 Å². The molecule has 4 nitrogen and oxygen atoms in total. The van der Waals surface area contributed by atoms with Gasteiger partial charge in [-0.3, -0.25) is 0 Å². The van der Waals surface area contributed by atoms with Crippen LogP contribution in [0.25, 0.3) is 0 Å². The molecule has 0 spiro atoms. The van der Waals surface area contributed by atoms with E-state index in [9.17, 15) is 13.5 Å². The van der Waals surface area contributed by atoms with Gasteiger partial charge in [0, 0.05) is 13.1 Å². The van der Waals surface area contributed by atoms with Gasteiger partial charge in [0.15, 0.2) is 0 Å². The first-order chi connectivity index (χ1) is 8.73. The number of benzene rings is 1. The molecular weight excluding hydrogens is 262 g/mol. The molecule has 0 atom stereocenters. The number of hydrogen-bond donors (Lipinski definition) is 1. The van der Waals surface area contributed by atoms with Crippen LogP contribution in [0.4, 0.5) is 0 Å². The van der Waals surface area contributed by atoms with E-state index in [1.54, 1.807) is 6.07 Å². The van der Waals surface area contributed by atoms with Crippen molar-refractivity contribution in [1.82, 2.24) is 4.31 Å². The molecule has 0 aromatic heterocycles. The molecule has 0 aliphatic heterocycles.